The van der Waals surface area contributed by atoms with Gasteiger partial charge in [-0.05, 0) is 17.7 Å². The Labute approximate surface area is 118 Å². The van der Waals surface area contributed by atoms with Gasteiger partial charge in [-0.2, -0.15) is 18.2 Å². The Kier molecular flexibility index (Phi) is 3.99. The first-order valence-electron chi connectivity index (χ1n) is 6.16. The van der Waals surface area contributed by atoms with Gasteiger partial charge in [0.1, 0.15) is 5.82 Å². The van der Waals surface area contributed by atoms with E-state index in [4.69, 9.17) is 10.3 Å². The molecule has 0 fully saturated rings. The molecule has 1 aromatic heterocycles. The molecule has 2 N–H and O–H groups in total. The van der Waals surface area contributed by atoms with Crippen LogP contribution in [0.4, 0.5) is 17.6 Å². The van der Waals surface area contributed by atoms with E-state index >= 15 is 0 Å². The molecule has 1 aromatic carbocycles. The van der Waals surface area contributed by atoms with Crippen LogP contribution in [0.2, 0.25) is 0 Å². The van der Waals surface area contributed by atoms with Crippen LogP contribution >= 0.6 is 0 Å². The monoisotopic (exact) mass is 303 g/mol. The molecule has 0 aliphatic heterocycles. The van der Waals surface area contributed by atoms with Gasteiger partial charge in [-0.1, -0.05) is 25.1 Å². The first kappa shape index (κ1) is 15.4. The van der Waals surface area contributed by atoms with Crippen molar-refractivity contribution < 1.29 is 22.1 Å². The van der Waals surface area contributed by atoms with Crippen molar-refractivity contribution in [2.45, 2.75) is 32.0 Å². The summed E-state index contributed by atoms with van der Waals surface area (Å²) in [5, 5.41) is 3.59. The van der Waals surface area contributed by atoms with Gasteiger partial charge in [-0.3, -0.25) is 0 Å². The highest BCUT2D eigenvalue weighted by Crippen LogP contribution is 2.35. The second kappa shape index (κ2) is 5.44. The first-order valence-corrected chi connectivity index (χ1v) is 6.16. The molecule has 21 heavy (non-hydrogen) atoms. The average Bonchev–Trinajstić information content (AvgIpc) is 2.86. The minimum Gasteiger partial charge on any atom is -0.339 e. The molecule has 0 amide bonds. The standard InChI is InChI=1S/C13H13F4N3O/c1-6(2)12-19-11(20-21-12)10(18)8-4-3-7(14)5-9(8)13(15,16)17/h3-6,10H,18H2,1-2H3. The molecule has 0 saturated heterocycles. The third kappa shape index (κ3) is 3.21. The van der Waals surface area contributed by atoms with E-state index in [1.54, 1.807) is 13.8 Å². The summed E-state index contributed by atoms with van der Waals surface area (Å²) in [4.78, 5) is 3.97. The maximum Gasteiger partial charge on any atom is 0.416 e. The molecular formula is C13H13F4N3O. The van der Waals surface area contributed by atoms with Gasteiger partial charge >= 0.3 is 6.18 Å². The second-order valence-corrected chi connectivity index (χ2v) is 4.85. The Morgan fingerprint density at radius 2 is 1.90 bits per heavy atom. The minimum absolute atomic E-state index is 0.0733. The molecule has 2 rings (SSSR count). The smallest absolute Gasteiger partial charge is 0.339 e. The number of nitrogens with zero attached hydrogens (tertiary/aromatic N) is 2. The average molecular weight is 303 g/mol. The highest BCUT2D eigenvalue weighted by molar-refractivity contribution is 5.35. The van der Waals surface area contributed by atoms with E-state index in [9.17, 15) is 17.6 Å². The summed E-state index contributed by atoms with van der Waals surface area (Å²) in [6.07, 6.45) is -4.72. The predicted molar refractivity (Wildman–Crippen MR) is 65.8 cm³/mol. The summed E-state index contributed by atoms with van der Waals surface area (Å²) in [5.74, 6) is -0.866. The quantitative estimate of drug-likeness (QED) is 0.883. The van der Waals surface area contributed by atoms with Crippen LogP contribution < -0.4 is 5.73 Å². The fourth-order valence-corrected chi connectivity index (χ4v) is 1.79. The van der Waals surface area contributed by atoms with Gasteiger partial charge in [0.25, 0.3) is 0 Å². The largest absolute Gasteiger partial charge is 0.416 e. The van der Waals surface area contributed by atoms with Crippen LogP contribution in [0.15, 0.2) is 22.7 Å². The topological polar surface area (TPSA) is 64.9 Å². The molecule has 0 bridgehead atoms. The van der Waals surface area contributed by atoms with E-state index in [-0.39, 0.29) is 23.2 Å². The number of rotatable bonds is 3. The molecule has 1 unspecified atom stereocenters. The van der Waals surface area contributed by atoms with Crippen LogP contribution in [0, 0.1) is 5.82 Å². The molecule has 2 aromatic rings. The van der Waals surface area contributed by atoms with Crippen molar-refractivity contribution in [3.05, 3.63) is 46.9 Å². The fraction of sp³-hybridized carbons (Fsp3) is 0.385. The number of halogens is 4. The molecule has 0 spiro atoms. The number of aromatic nitrogens is 2. The SMILES string of the molecule is CC(C)c1nc(C(N)c2ccc(F)cc2C(F)(F)F)no1. The Hall–Kier alpha value is -1.96. The van der Waals surface area contributed by atoms with E-state index in [1.165, 1.54) is 0 Å². The lowest BCUT2D eigenvalue weighted by molar-refractivity contribution is -0.138. The van der Waals surface area contributed by atoms with Gasteiger partial charge in [-0.15, -0.1) is 0 Å². The van der Waals surface area contributed by atoms with Gasteiger partial charge in [0.05, 0.1) is 11.6 Å². The zero-order valence-electron chi connectivity index (χ0n) is 11.3. The number of nitrogens with two attached hydrogens (primary N) is 1. The van der Waals surface area contributed by atoms with Gasteiger partial charge in [0.2, 0.25) is 5.89 Å². The summed E-state index contributed by atoms with van der Waals surface area (Å²) in [5.41, 5.74) is 4.32. The number of alkyl halides is 3. The lowest BCUT2D eigenvalue weighted by Crippen LogP contribution is -2.20. The van der Waals surface area contributed by atoms with Crippen LogP contribution in [0.25, 0.3) is 0 Å². The van der Waals surface area contributed by atoms with Crippen molar-refractivity contribution in [2.24, 2.45) is 5.73 Å². The Bertz CT molecular complexity index is 637. The lowest BCUT2D eigenvalue weighted by Gasteiger charge is -2.16. The van der Waals surface area contributed by atoms with E-state index < -0.39 is 23.6 Å². The number of hydrogen-bond acceptors (Lipinski definition) is 4. The Morgan fingerprint density at radius 3 is 2.43 bits per heavy atom. The second-order valence-electron chi connectivity index (χ2n) is 4.85. The van der Waals surface area contributed by atoms with Crippen molar-refractivity contribution >= 4 is 0 Å². The number of benzene rings is 1. The van der Waals surface area contributed by atoms with Crippen LogP contribution in [0.5, 0.6) is 0 Å². The third-order valence-electron chi connectivity index (χ3n) is 2.89. The molecule has 0 aliphatic rings. The van der Waals surface area contributed by atoms with Gasteiger partial charge in [0.15, 0.2) is 5.82 Å². The molecule has 4 nitrogen and oxygen atoms in total. The summed E-state index contributed by atoms with van der Waals surface area (Å²) in [7, 11) is 0. The van der Waals surface area contributed by atoms with Crippen LogP contribution in [-0.4, -0.2) is 10.1 Å². The Morgan fingerprint density at radius 1 is 1.24 bits per heavy atom. The molecule has 8 heteroatoms. The maximum atomic E-state index is 13.1. The van der Waals surface area contributed by atoms with Gasteiger partial charge in [0, 0.05) is 5.92 Å². The van der Waals surface area contributed by atoms with Crippen molar-refractivity contribution in [3.8, 4) is 0 Å². The van der Waals surface area contributed by atoms with E-state index in [2.05, 4.69) is 10.1 Å². The summed E-state index contributed by atoms with van der Waals surface area (Å²) in [6.45, 7) is 3.59. The highest BCUT2D eigenvalue weighted by Gasteiger charge is 2.36. The number of hydrogen-bond donors (Lipinski definition) is 1. The van der Waals surface area contributed by atoms with Crippen molar-refractivity contribution in [1.82, 2.24) is 10.1 Å². The predicted octanol–water partition coefficient (Wildman–Crippen LogP) is 3.40. The van der Waals surface area contributed by atoms with Crippen LogP contribution in [0.1, 0.15) is 48.6 Å². The molecule has 0 radical (unpaired) electrons. The van der Waals surface area contributed by atoms with Crippen molar-refractivity contribution in [3.63, 3.8) is 0 Å². The Balaban J connectivity index is 2.45. The fourth-order valence-electron chi connectivity index (χ4n) is 1.79. The highest BCUT2D eigenvalue weighted by atomic mass is 19.4. The van der Waals surface area contributed by atoms with Crippen LogP contribution in [0.3, 0.4) is 0 Å². The molecule has 114 valence electrons. The maximum absolute atomic E-state index is 13.1. The summed E-state index contributed by atoms with van der Waals surface area (Å²) < 4.78 is 56.8. The molecule has 0 saturated carbocycles. The minimum atomic E-state index is -4.72. The van der Waals surface area contributed by atoms with Crippen molar-refractivity contribution in [2.75, 3.05) is 0 Å². The molecule has 0 aliphatic carbocycles. The zero-order chi connectivity index (χ0) is 15.8. The summed E-state index contributed by atoms with van der Waals surface area (Å²) in [6, 6.07) is 1.04. The molecule has 1 atom stereocenters. The van der Waals surface area contributed by atoms with E-state index in [0.717, 1.165) is 12.1 Å². The normalized spacial score (nSPS) is 13.7. The van der Waals surface area contributed by atoms with Gasteiger partial charge in [-0.25, -0.2) is 4.39 Å². The zero-order valence-corrected chi connectivity index (χ0v) is 11.3. The summed E-state index contributed by atoms with van der Waals surface area (Å²) >= 11 is 0. The van der Waals surface area contributed by atoms with Crippen LogP contribution in [-0.2, 0) is 6.18 Å². The molecular weight excluding hydrogens is 290 g/mol. The van der Waals surface area contributed by atoms with Crippen molar-refractivity contribution in [1.29, 1.82) is 0 Å². The third-order valence-corrected chi connectivity index (χ3v) is 2.89. The lowest BCUT2D eigenvalue weighted by atomic mass is 9.99. The van der Waals surface area contributed by atoms with E-state index in [0.29, 0.717) is 6.07 Å². The van der Waals surface area contributed by atoms with Gasteiger partial charge < -0.3 is 10.3 Å². The molecule has 1 heterocycles. The first-order chi connectivity index (χ1) is 9.70. The van der Waals surface area contributed by atoms with E-state index in [1.807, 2.05) is 0 Å².